The first kappa shape index (κ1) is 11.8. The van der Waals surface area contributed by atoms with Crippen LogP contribution in [0.2, 0.25) is 0 Å². The van der Waals surface area contributed by atoms with Crippen LogP contribution in [-0.2, 0) is 0 Å². The SMILES string of the molecule is Cc1ccc(NC2CSC(C)C2)c2cccnc12. The molecule has 3 heteroatoms. The topological polar surface area (TPSA) is 24.9 Å². The number of aromatic nitrogens is 1. The van der Waals surface area contributed by atoms with E-state index in [4.69, 9.17) is 0 Å². The van der Waals surface area contributed by atoms with Gasteiger partial charge in [0, 0.05) is 34.3 Å². The maximum atomic E-state index is 4.49. The third-order valence-corrected chi connectivity index (χ3v) is 4.89. The molecule has 2 heterocycles. The Labute approximate surface area is 112 Å². The van der Waals surface area contributed by atoms with E-state index in [0.29, 0.717) is 6.04 Å². The van der Waals surface area contributed by atoms with E-state index in [1.165, 1.54) is 28.8 Å². The normalized spacial score (nSPS) is 23.4. The Balaban J connectivity index is 1.95. The quantitative estimate of drug-likeness (QED) is 0.885. The van der Waals surface area contributed by atoms with Gasteiger partial charge < -0.3 is 5.32 Å². The highest BCUT2D eigenvalue weighted by Crippen LogP contribution is 2.31. The molecule has 0 amide bonds. The minimum atomic E-state index is 0.594. The van der Waals surface area contributed by atoms with E-state index >= 15 is 0 Å². The zero-order valence-corrected chi connectivity index (χ0v) is 11.6. The van der Waals surface area contributed by atoms with Gasteiger partial charge in [0.05, 0.1) is 5.52 Å². The summed E-state index contributed by atoms with van der Waals surface area (Å²) in [5, 5.41) is 5.69. The summed E-state index contributed by atoms with van der Waals surface area (Å²) in [6.07, 6.45) is 3.12. The predicted octanol–water partition coefficient (Wildman–Crippen LogP) is 3.85. The van der Waals surface area contributed by atoms with Crippen LogP contribution < -0.4 is 5.32 Å². The van der Waals surface area contributed by atoms with Gasteiger partial charge in [-0.1, -0.05) is 13.0 Å². The maximum absolute atomic E-state index is 4.49. The van der Waals surface area contributed by atoms with Crippen LogP contribution in [-0.4, -0.2) is 22.0 Å². The number of anilines is 1. The van der Waals surface area contributed by atoms with E-state index in [-0.39, 0.29) is 0 Å². The summed E-state index contributed by atoms with van der Waals surface area (Å²) in [5.74, 6) is 1.21. The molecule has 0 spiro atoms. The molecule has 2 atom stereocenters. The third kappa shape index (κ3) is 2.19. The van der Waals surface area contributed by atoms with Gasteiger partial charge >= 0.3 is 0 Å². The average Bonchev–Trinajstić information content (AvgIpc) is 2.79. The molecule has 94 valence electrons. The molecule has 1 fully saturated rings. The summed E-state index contributed by atoms with van der Waals surface area (Å²) >= 11 is 2.05. The Morgan fingerprint density at radius 2 is 2.22 bits per heavy atom. The average molecular weight is 258 g/mol. The van der Waals surface area contributed by atoms with Gasteiger partial charge in [-0.25, -0.2) is 0 Å². The first-order chi connectivity index (χ1) is 8.74. The van der Waals surface area contributed by atoms with E-state index in [1.54, 1.807) is 0 Å². The van der Waals surface area contributed by atoms with Gasteiger partial charge in [0.1, 0.15) is 0 Å². The first-order valence-corrected chi connectivity index (χ1v) is 7.51. The van der Waals surface area contributed by atoms with Crippen molar-refractivity contribution in [1.29, 1.82) is 0 Å². The lowest BCUT2D eigenvalue weighted by Crippen LogP contribution is -2.19. The molecule has 18 heavy (non-hydrogen) atoms. The van der Waals surface area contributed by atoms with Crippen molar-refractivity contribution in [3.8, 4) is 0 Å². The molecule has 1 N–H and O–H groups in total. The van der Waals surface area contributed by atoms with Crippen LogP contribution >= 0.6 is 11.8 Å². The van der Waals surface area contributed by atoms with Crippen LogP contribution in [0.3, 0.4) is 0 Å². The monoisotopic (exact) mass is 258 g/mol. The number of pyridine rings is 1. The third-order valence-electron chi connectivity index (χ3n) is 3.53. The Bertz CT molecular complexity index is 567. The highest BCUT2D eigenvalue weighted by molar-refractivity contribution is 8.00. The van der Waals surface area contributed by atoms with E-state index in [0.717, 1.165) is 10.8 Å². The van der Waals surface area contributed by atoms with Crippen molar-refractivity contribution in [2.24, 2.45) is 0 Å². The van der Waals surface area contributed by atoms with Gasteiger partial charge in [-0.05, 0) is 37.1 Å². The Morgan fingerprint density at radius 3 is 3.00 bits per heavy atom. The summed E-state index contributed by atoms with van der Waals surface area (Å²) in [6, 6.07) is 9.11. The molecule has 1 aliphatic heterocycles. The Kier molecular flexibility index (Phi) is 3.16. The second-order valence-corrected chi connectivity index (χ2v) is 6.52. The largest absolute Gasteiger partial charge is 0.381 e. The minimum Gasteiger partial charge on any atom is -0.381 e. The van der Waals surface area contributed by atoms with Gasteiger partial charge in [-0.2, -0.15) is 11.8 Å². The van der Waals surface area contributed by atoms with Crippen LogP contribution in [0, 0.1) is 6.92 Å². The molecule has 2 unspecified atom stereocenters. The van der Waals surface area contributed by atoms with Crippen LogP contribution in [0.25, 0.3) is 10.9 Å². The fourth-order valence-corrected chi connectivity index (χ4v) is 3.73. The van der Waals surface area contributed by atoms with E-state index < -0.39 is 0 Å². The van der Waals surface area contributed by atoms with E-state index in [1.807, 2.05) is 12.3 Å². The molecule has 0 radical (unpaired) electrons. The summed E-state index contributed by atoms with van der Waals surface area (Å²) in [6.45, 7) is 4.42. The summed E-state index contributed by atoms with van der Waals surface area (Å²) in [4.78, 5) is 4.49. The zero-order valence-electron chi connectivity index (χ0n) is 10.8. The first-order valence-electron chi connectivity index (χ1n) is 6.46. The fraction of sp³-hybridized carbons (Fsp3) is 0.400. The predicted molar refractivity (Wildman–Crippen MR) is 80.4 cm³/mol. The number of fused-ring (bicyclic) bond motifs is 1. The van der Waals surface area contributed by atoms with E-state index in [9.17, 15) is 0 Å². The van der Waals surface area contributed by atoms with Crippen LogP contribution in [0.4, 0.5) is 5.69 Å². The van der Waals surface area contributed by atoms with E-state index in [2.05, 4.69) is 54.1 Å². The lowest BCUT2D eigenvalue weighted by atomic mass is 10.1. The molecule has 1 aromatic heterocycles. The number of benzene rings is 1. The molecule has 1 saturated heterocycles. The van der Waals surface area contributed by atoms with Crippen molar-refractivity contribution in [2.45, 2.75) is 31.6 Å². The van der Waals surface area contributed by atoms with Gasteiger partial charge in [-0.15, -0.1) is 0 Å². The van der Waals surface area contributed by atoms with Crippen molar-refractivity contribution in [3.05, 3.63) is 36.0 Å². The van der Waals surface area contributed by atoms with Gasteiger partial charge in [0.25, 0.3) is 0 Å². The highest BCUT2D eigenvalue weighted by Gasteiger charge is 2.22. The van der Waals surface area contributed by atoms with Crippen molar-refractivity contribution in [1.82, 2.24) is 4.98 Å². The molecule has 2 nitrogen and oxygen atoms in total. The molecule has 1 aliphatic rings. The number of hydrogen-bond donors (Lipinski definition) is 1. The molecular weight excluding hydrogens is 240 g/mol. The molecule has 1 aromatic carbocycles. The standard InChI is InChI=1S/C15H18N2S/c1-10-5-6-14(13-4-3-7-16-15(10)13)17-12-8-11(2)18-9-12/h3-7,11-12,17H,8-9H2,1-2H3. The number of rotatable bonds is 2. The van der Waals surface area contributed by atoms with Crippen LogP contribution in [0.1, 0.15) is 18.9 Å². The van der Waals surface area contributed by atoms with Gasteiger partial charge in [-0.3, -0.25) is 4.98 Å². The second-order valence-electron chi connectivity index (χ2n) is 5.05. The lowest BCUT2D eigenvalue weighted by molar-refractivity contribution is 0.748. The highest BCUT2D eigenvalue weighted by atomic mass is 32.2. The lowest BCUT2D eigenvalue weighted by Gasteiger charge is -2.16. The van der Waals surface area contributed by atoms with Crippen molar-refractivity contribution >= 4 is 28.4 Å². The zero-order chi connectivity index (χ0) is 12.5. The molecular formula is C15H18N2S. The van der Waals surface area contributed by atoms with Crippen molar-refractivity contribution < 1.29 is 0 Å². The van der Waals surface area contributed by atoms with Gasteiger partial charge in [0.15, 0.2) is 0 Å². The Morgan fingerprint density at radius 1 is 1.33 bits per heavy atom. The maximum Gasteiger partial charge on any atom is 0.0751 e. The van der Waals surface area contributed by atoms with Crippen molar-refractivity contribution in [2.75, 3.05) is 11.1 Å². The molecule has 2 aromatic rings. The molecule has 0 bridgehead atoms. The number of nitrogens with zero attached hydrogens (tertiary/aromatic N) is 1. The number of hydrogen-bond acceptors (Lipinski definition) is 3. The summed E-state index contributed by atoms with van der Waals surface area (Å²) < 4.78 is 0. The minimum absolute atomic E-state index is 0.594. The molecule has 0 saturated carbocycles. The van der Waals surface area contributed by atoms with Gasteiger partial charge in [0.2, 0.25) is 0 Å². The Hall–Kier alpha value is -1.22. The van der Waals surface area contributed by atoms with Crippen LogP contribution in [0.5, 0.6) is 0 Å². The number of thioether (sulfide) groups is 1. The molecule has 3 rings (SSSR count). The number of nitrogens with one attached hydrogen (secondary N) is 1. The number of aryl methyl sites for hydroxylation is 1. The van der Waals surface area contributed by atoms with Crippen molar-refractivity contribution in [3.63, 3.8) is 0 Å². The van der Waals surface area contributed by atoms with Crippen LogP contribution in [0.15, 0.2) is 30.5 Å². The summed E-state index contributed by atoms with van der Waals surface area (Å²) in [7, 11) is 0. The fourth-order valence-electron chi connectivity index (χ4n) is 2.58. The molecule has 0 aliphatic carbocycles. The summed E-state index contributed by atoms with van der Waals surface area (Å²) in [5.41, 5.74) is 3.58. The second kappa shape index (κ2) is 4.81. The smallest absolute Gasteiger partial charge is 0.0751 e.